The van der Waals surface area contributed by atoms with Crippen molar-refractivity contribution in [2.24, 2.45) is 0 Å². The maximum Gasteiger partial charge on any atom is -0.00986 e. The molecule has 0 aromatic heterocycles. The zero-order valence-corrected chi connectivity index (χ0v) is 28.8. The third-order valence-corrected chi connectivity index (χ3v) is 9.20. The maximum absolute atomic E-state index is 3.53. The number of benzene rings is 9. The lowest BCUT2D eigenvalue weighted by molar-refractivity contribution is 1.63. The summed E-state index contributed by atoms with van der Waals surface area (Å²) in [7, 11) is 0. The fourth-order valence-corrected chi connectivity index (χ4v) is 7.14. The molecule has 0 aliphatic carbocycles. The van der Waals surface area contributed by atoms with Gasteiger partial charge in [-0.25, -0.2) is 0 Å². The van der Waals surface area contributed by atoms with Crippen LogP contribution in [0.1, 0.15) is 6.92 Å². The Labute approximate surface area is 294 Å². The van der Waals surface area contributed by atoms with E-state index in [4.69, 9.17) is 0 Å². The van der Waals surface area contributed by atoms with Gasteiger partial charge >= 0.3 is 0 Å². The molecule has 0 bridgehead atoms. The van der Waals surface area contributed by atoms with E-state index in [1.165, 1.54) is 87.2 Å². The molecule has 49 heavy (non-hydrogen) atoms. The molecular weight excluding hydrogens is 609 g/mol. The second kappa shape index (κ2) is 14.2. The summed E-state index contributed by atoms with van der Waals surface area (Å²) in [6.45, 7) is 5.25. The lowest BCUT2D eigenvalue weighted by atomic mass is 9.87. The molecule has 236 valence electrons. The summed E-state index contributed by atoms with van der Waals surface area (Å²) < 4.78 is 0. The molecule has 0 heterocycles. The number of hydrogen-bond acceptors (Lipinski definition) is 1. The summed E-state index contributed by atoms with van der Waals surface area (Å²) in [4.78, 5) is 0. The Morgan fingerprint density at radius 1 is 0.347 bits per heavy atom. The zero-order valence-electron chi connectivity index (χ0n) is 27.9. The molecule has 9 rings (SSSR count). The first kappa shape index (κ1) is 31.9. The quantitative estimate of drug-likeness (QED) is 0.110. The minimum absolute atomic E-state index is 1.23. The highest BCUT2D eigenvalue weighted by Crippen LogP contribution is 2.42. The summed E-state index contributed by atoms with van der Waals surface area (Å²) in [5.74, 6) is 0. The van der Waals surface area contributed by atoms with Crippen molar-refractivity contribution in [3.05, 3.63) is 183 Å². The van der Waals surface area contributed by atoms with Crippen molar-refractivity contribution in [1.82, 2.24) is 0 Å². The fourth-order valence-electron chi connectivity index (χ4n) is 7.14. The first-order valence-electron chi connectivity index (χ1n) is 16.7. The van der Waals surface area contributed by atoms with E-state index in [1.54, 1.807) is 12.3 Å². The van der Waals surface area contributed by atoms with Crippen LogP contribution >= 0.6 is 12.6 Å². The third kappa shape index (κ3) is 5.99. The van der Waals surface area contributed by atoms with Crippen LogP contribution in [0, 0.1) is 0 Å². The lowest BCUT2D eigenvalue weighted by Gasteiger charge is -2.16. The van der Waals surface area contributed by atoms with Crippen LogP contribution in [0.15, 0.2) is 183 Å². The summed E-state index contributed by atoms with van der Waals surface area (Å²) in [5.41, 5.74) is 7.49. The molecule has 0 saturated carbocycles. The smallest absolute Gasteiger partial charge is 0.00986 e. The normalized spacial score (nSPS) is 10.8. The molecule has 0 aliphatic heterocycles. The molecule has 9 aromatic carbocycles. The molecule has 0 N–H and O–H groups in total. The summed E-state index contributed by atoms with van der Waals surface area (Å²) in [6, 6.07) is 62.4. The molecule has 0 radical (unpaired) electrons. The van der Waals surface area contributed by atoms with Gasteiger partial charge < -0.3 is 0 Å². The van der Waals surface area contributed by atoms with Gasteiger partial charge in [-0.2, -0.15) is 12.6 Å². The van der Waals surface area contributed by atoms with Crippen LogP contribution in [-0.4, -0.2) is 6.26 Å². The SMILES string of the molecule is C=CC.CS.c1ccc(-c2cc(-c3cc4ccccc4c4ccccc34)cc3cc(-c4cc5ccccc5c5ccccc45)ccc23)cc1. The van der Waals surface area contributed by atoms with Gasteiger partial charge in [0.2, 0.25) is 0 Å². The van der Waals surface area contributed by atoms with Crippen LogP contribution < -0.4 is 0 Å². The highest BCUT2D eigenvalue weighted by Gasteiger charge is 2.15. The molecule has 0 unspecified atom stereocenters. The topological polar surface area (TPSA) is 0 Å². The fraction of sp³-hybridized carbons (Fsp3) is 0.0417. The van der Waals surface area contributed by atoms with Crippen molar-refractivity contribution in [1.29, 1.82) is 0 Å². The first-order chi connectivity index (χ1) is 24.2. The van der Waals surface area contributed by atoms with E-state index in [0.717, 1.165) is 0 Å². The van der Waals surface area contributed by atoms with Crippen molar-refractivity contribution in [3.63, 3.8) is 0 Å². The highest BCUT2D eigenvalue weighted by molar-refractivity contribution is 7.79. The third-order valence-electron chi connectivity index (χ3n) is 9.20. The summed E-state index contributed by atoms with van der Waals surface area (Å²) in [5, 5.41) is 12.8. The van der Waals surface area contributed by atoms with Gasteiger partial charge in [-0.3, -0.25) is 0 Å². The van der Waals surface area contributed by atoms with Gasteiger partial charge in [0, 0.05) is 0 Å². The number of fused-ring (bicyclic) bond motifs is 7. The summed E-state index contributed by atoms with van der Waals surface area (Å²) >= 11 is 3.53. The predicted molar refractivity (Wildman–Crippen MR) is 221 cm³/mol. The monoisotopic (exact) mass is 646 g/mol. The van der Waals surface area contributed by atoms with Crippen molar-refractivity contribution in [3.8, 4) is 33.4 Å². The van der Waals surface area contributed by atoms with E-state index in [1.807, 2.05) is 6.92 Å². The van der Waals surface area contributed by atoms with Crippen molar-refractivity contribution in [2.75, 3.05) is 6.26 Å². The van der Waals surface area contributed by atoms with E-state index in [0.29, 0.717) is 0 Å². The van der Waals surface area contributed by atoms with Crippen molar-refractivity contribution >= 4 is 66.5 Å². The highest BCUT2D eigenvalue weighted by atomic mass is 32.1. The van der Waals surface area contributed by atoms with Crippen LogP contribution in [0.2, 0.25) is 0 Å². The Bertz CT molecular complexity index is 2590. The van der Waals surface area contributed by atoms with Crippen molar-refractivity contribution in [2.45, 2.75) is 6.92 Å². The molecule has 0 nitrogen and oxygen atoms in total. The predicted octanol–water partition coefficient (Wildman–Crippen LogP) is 14.2. The van der Waals surface area contributed by atoms with Gasteiger partial charge in [0.25, 0.3) is 0 Å². The number of thiol groups is 1. The maximum atomic E-state index is 3.53. The van der Waals surface area contributed by atoms with Gasteiger partial charge in [0.15, 0.2) is 0 Å². The minimum Gasteiger partial charge on any atom is -0.183 e. The van der Waals surface area contributed by atoms with E-state index in [2.05, 4.69) is 189 Å². The Morgan fingerprint density at radius 3 is 1.31 bits per heavy atom. The molecule has 0 atom stereocenters. The van der Waals surface area contributed by atoms with E-state index >= 15 is 0 Å². The van der Waals surface area contributed by atoms with Crippen LogP contribution in [0.3, 0.4) is 0 Å². The largest absolute Gasteiger partial charge is 0.183 e. The Balaban J connectivity index is 0.000000719. The lowest BCUT2D eigenvalue weighted by Crippen LogP contribution is -1.89. The first-order valence-corrected chi connectivity index (χ1v) is 17.6. The molecule has 9 aromatic rings. The van der Waals surface area contributed by atoms with Gasteiger partial charge in [-0.15, -0.1) is 6.58 Å². The Hall–Kier alpha value is -5.63. The second-order valence-corrected chi connectivity index (χ2v) is 12.1. The minimum atomic E-state index is 1.23. The van der Waals surface area contributed by atoms with E-state index < -0.39 is 0 Å². The van der Waals surface area contributed by atoms with Crippen LogP contribution in [0.5, 0.6) is 0 Å². The average Bonchev–Trinajstić information content (AvgIpc) is 3.18. The van der Waals surface area contributed by atoms with Gasteiger partial charge in [-0.05, 0) is 131 Å². The molecular formula is C48H38S. The number of hydrogen-bond donors (Lipinski definition) is 1. The van der Waals surface area contributed by atoms with Crippen molar-refractivity contribution < 1.29 is 0 Å². The molecule has 0 amide bonds. The molecule has 0 fully saturated rings. The number of rotatable bonds is 3. The Kier molecular flexibility index (Phi) is 9.28. The average molecular weight is 647 g/mol. The van der Waals surface area contributed by atoms with E-state index in [-0.39, 0.29) is 0 Å². The zero-order chi connectivity index (χ0) is 33.7. The molecule has 0 saturated heterocycles. The standard InChI is InChI=1S/C44H28.C3H6.CH4S/c1-2-12-29(13-3-1)42-28-34(44-27-31-15-5-7-17-36(31)39-19-9-11-21-41(39)44)25-33-24-32(22-23-37(33)42)43-26-30-14-4-6-16-35(30)38-18-8-10-20-40(38)43;1-3-2;1-2/h1-28H;3H,1H2,2H3;2H,1H3. The van der Waals surface area contributed by atoms with Crippen LogP contribution in [0.25, 0.3) is 87.2 Å². The molecule has 1 heteroatoms. The van der Waals surface area contributed by atoms with Gasteiger partial charge in [0.1, 0.15) is 0 Å². The van der Waals surface area contributed by atoms with Crippen LogP contribution in [-0.2, 0) is 0 Å². The number of allylic oxidation sites excluding steroid dienone is 1. The second-order valence-electron chi connectivity index (χ2n) is 12.1. The molecule has 0 aliphatic rings. The van der Waals surface area contributed by atoms with Gasteiger partial charge in [-0.1, -0.05) is 146 Å². The van der Waals surface area contributed by atoms with Gasteiger partial charge in [0.05, 0.1) is 0 Å². The van der Waals surface area contributed by atoms with E-state index in [9.17, 15) is 0 Å². The summed E-state index contributed by atoms with van der Waals surface area (Å²) in [6.07, 6.45) is 3.44. The van der Waals surface area contributed by atoms with Crippen LogP contribution in [0.4, 0.5) is 0 Å². The Morgan fingerprint density at radius 2 is 0.755 bits per heavy atom. The molecule has 0 spiro atoms.